The molecule has 0 fully saturated rings. The molecule has 286 valence electrons. The number of amides is 4. The first-order valence-corrected chi connectivity index (χ1v) is 17.5. The van der Waals surface area contributed by atoms with Gasteiger partial charge in [0.1, 0.15) is 18.7 Å². The normalized spacial score (nSPS) is 14.6. The molecule has 6 N–H and O–H groups in total. The Bertz CT molecular complexity index is 1490. The van der Waals surface area contributed by atoms with Crippen molar-refractivity contribution in [2.24, 2.45) is 22.8 Å². The Hall–Kier alpha value is -4.66. The lowest BCUT2D eigenvalue weighted by Gasteiger charge is -2.39. The van der Waals surface area contributed by atoms with E-state index in [0.29, 0.717) is 41.7 Å². The molecule has 52 heavy (non-hydrogen) atoms. The number of ketones is 1. The SMILES string of the molecule is COC(=O)C(C(C)C)N(CCCCCC(=O)c1ccccc1)C(=O)C(N)[C@](C)(CO)CNC(=O)[C@H](C)N(C(=O)OCc1ccccc1)C(=O)[C@H](C)N. The van der Waals surface area contributed by atoms with Crippen LogP contribution in [-0.2, 0) is 35.3 Å². The van der Waals surface area contributed by atoms with Gasteiger partial charge in [0.25, 0.3) is 0 Å². The van der Waals surface area contributed by atoms with Gasteiger partial charge in [-0.2, -0.15) is 0 Å². The Morgan fingerprint density at radius 1 is 0.865 bits per heavy atom. The van der Waals surface area contributed by atoms with Gasteiger partial charge in [-0.15, -0.1) is 0 Å². The molecule has 0 aliphatic rings. The fraction of sp³-hybridized carbons (Fsp3) is 0.526. The Morgan fingerprint density at radius 2 is 1.46 bits per heavy atom. The van der Waals surface area contributed by atoms with Crippen LogP contribution in [0.25, 0.3) is 0 Å². The van der Waals surface area contributed by atoms with Gasteiger partial charge in [-0.05, 0) is 38.2 Å². The van der Waals surface area contributed by atoms with Crippen LogP contribution in [0.3, 0.4) is 0 Å². The summed E-state index contributed by atoms with van der Waals surface area (Å²) in [6.45, 7) is 6.70. The zero-order valence-corrected chi connectivity index (χ0v) is 31.1. The number of esters is 1. The van der Waals surface area contributed by atoms with E-state index in [0.717, 1.165) is 0 Å². The fourth-order valence-corrected chi connectivity index (χ4v) is 5.52. The number of benzene rings is 2. The highest BCUT2D eigenvalue weighted by molar-refractivity contribution is 6.00. The number of aliphatic hydroxyl groups is 1. The maximum atomic E-state index is 14.1. The van der Waals surface area contributed by atoms with Gasteiger partial charge in [0, 0.05) is 30.5 Å². The van der Waals surface area contributed by atoms with Crippen molar-refractivity contribution in [2.75, 3.05) is 26.8 Å². The van der Waals surface area contributed by atoms with E-state index in [4.69, 9.17) is 20.9 Å². The average molecular weight is 726 g/mol. The number of unbranched alkanes of at least 4 members (excludes halogenated alkanes) is 2. The highest BCUT2D eigenvalue weighted by atomic mass is 16.6. The predicted molar refractivity (Wildman–Crippen MR) is 194 cm³/mol. The van der Waals surface area contributed by atoms with Crippen LogP contribution in [0.4, 0.5) is 4.79 Å². The second-order valence-electron chi connectivity index (χ2n) is 13.6. The van der Waals surface area contributed by atoms with Crippen LogP contribution in [0.2, 0.25) is 0 Å². The van der Waals surface area contributed by atoms with Crippen LogP contribution in [0.15, 0.2) is 60.7 Å². The molecule has 2 aromatic carbocycles. The van der Waals surface area contributed by atoms with Gasteiger partial charge in [0.15, 0.2) is 5.78 Å². The number of nitrogens with zero attached hydrogens (tertiary/aromatic N) is 2. The standard InChI is InChI=1S/C38H55N5O9/c1-25(2)31(36(49)51-6)42(21-15-9-14-20-30(45)29-18-12-8-13-19-29)35(48)32(40)38(5,24-44)23-41-33(46)27(4)43(34(47)26(3)39)37(50)52-22-28-16-10-7-11-17-28/h7-8,10-13,16-19,25-27,31-32,44H,9,14-15,20-24,39-40H2,1-6H3,(H,41,46)/t26-,27-,31?,32?,38-/m0/s1. The molecule has 0 saturated heterocycles. The molecule has 0 saturated carbocycles. The minimum Gasteiger partial charge on any atom is -0.467 e. The van der Waals surface area contributed by atoms with Gasteiger partial charge in [-0.3, -0.25) is 19.2 Å². The topological polar surface area (TPSA) is 212 Å². The number of ether oxygens (including phenoxy) is 2. The third-order valence-electron chi connectivity index (χ3n) is 8.93. The molecular formula is C38H55N5O9. The molecule has 0 aliphatic heterocycles. The minimum atomic E-state index is -1.45. The monoisotopic (exact) mass is 725 g/mol. The van der Waals surface area contributed by atoms with Crippen molar-refractivity contribution in [3.05, 3.63) is 71.8 Å². The van der Waals surface area contributed by atoms with Crippen LogP contribution in [0.5, 0.6) is 0 Å². The molecule has 14 nitrogen and oxygen atoms in total. The summed E-state index contributed by atoms with van der Waals surface area (Å²) < 4.78 is 10.3. The molecule has 0 heterocycles. The van der Waals surface area contributed by atoms with Crippen molar-refractivity contribution in [2.45, 2.75) is 91.1 Å². The molecule has 2 aromatic rings. The number of hydrogen-bond acceptors (Lipinski definition) is 11. The lowest BCUT2D eigenvalue weighted by atomic mass is 9.81. The molecule has 0 aromatic heterocycles. The second-order valence-corrected chi connectivity index (χ2v) is 13.6. The van der Waals surface area contributed by atoms with Gasteiger partial charge in [-0.25, -0.2) is 14.5 Å². The number of Topliss-reactive ketones (excluding diaryl/α,β-unsaturated/α-hetero) is 1. The maximum Gasteiger partial charge on any atom is 0.417 e. The van der Waals surface area contributed by atoms with E-state index in [1.807, 2.05) is 6.07 Å². The molecule has 4 amide bonds. The average Bonchev–Trinajstić information content (AvgIpc) is 3.14. The summed E-state index contributed by atoms with van der Waals surface area (Å²) in [6.07, 6.45) is 0.843. The summed E-state index contributed by atoms with van der Waals surface area (Å²) in [5, 5.41) is 13.1. The first-order valence-electron chi connectivity index (χ1n) is 17.5. The van der Waals surface area contributed by atoms with E-state index < -0.39 is 66.0 Å². The maximum absolute atomic E-state index is 14.1. The largest absolute Gasteiger partial charge is 0.467 e. The van der Waals surface area contributed by atoms with Crippen molar-refractivity contribution >= 4 is 35.6 Å². The molecular weight excluding hydrogens is 670 g/mol. The van der Waals surface area contributed by atoms with Gasteiger partial charge >= 0.3 is 12.1 Å². The van der Waals surface area contributed by atoms with E-state index in [2.05, 4.69) is 5.32 Å². The minimum absolute atomic E-state index is 0.00866. The first-order chi connectivity index (χ1) is 24.6. The van der Waals surface area contributed by atoms with Gasteiger partial charge in [0.05, 0.1) is 25.8 Å². The zero-order chi connectivity index (χ0) is 39.0. The molecule has 5 atom stereocenters. The number of rotatable bonds is 20. The van der Waals surface area contributed by atoms with Crippen molar-refractivity contribution in [3.8, 4) is 0 Å². The van der Waals surface area contributed by atoms with Crippen LogP contribution in [0, 0.1) is 11.3 Å². The number of carbonyl (C=O) groups excluding carboxylic acids is 6. The van der Waals surface area contributed by atoms with Crippen molar-refractivity contribution in [1.29, 1.82) is 0 Å². The highest BCUT2D eigenvalue weighted by Crippen LogP contribution is 2.24. The van der Waals surface area contributed by atoms with Gasteiger partial charge in [0.2, 0.25) is 17.7 Å². The molecule has 0 spiro atoms. The van der Waals surface area contributed by atoms with E-state index in [1.54, 1.807) is 68.4 Å². The van der Waals surface area contributed by atoms with Crippen molar-refractivity contribution < 1.29 is 43.3 Å². The molecule has 2 unspecified atom stereocenters. The number of imide groups is 1. The Kier molecular flexibility index (Phi) is 17.6. The van der Waals surface area contributed by atoms with E-state index in [1.165, 1.54) is 32.8 Å². The van der Waals surface area contributed by atoms with E-state index in [-0.39, 0.29) is 31.4 Å². The third-order valence-corrected chi connectivity index (χ3v) is 8.93. The van der Waals surface area contributed by atoms with Gasteiger partial charge < -0.3 is 36.3 Å². The van der Waals surface area contributed by atoms with Crippen LogP contribution < -0.4 is 16.8 Å². The predicted octanol–water partition coefficient (Wildman–Crippen LogP) is 2.80. The van der Waals surface area contributed by atoms with E-state index >= 15 is 0 Å². The number of methoxy groups -OCH3 is 1. The number of nitrogens with one attached hydrogen (secondary N) is 1. The fourth-order valence-electron chi connectivity index (χ4n) is 5.52. The van der Waals surface area contributed by atoms with E-state index in [9.17, 15) is 33.9 Å². The summed E-state index contributed by atoms with van der Waals surface area (Å²) in [6, 6.07) is 12.8. The summed E-state index contributed by atoms with van der Waals surface area (Å²) in [4.78, 5) is 80.9. The van der Waals surface area contributed by atoms with Crippen molar-refractivity contribution in [1.82, 2.24) is 15.1 Å². The number of carbonyl (C=O) groups is 6. The molecule has 2 rings (SSSR count). The smallest absolute Gasteiger partial charge is 0.417 e. The summed E-state index contributed by atoms with van der Waals surface area (Å²) in [7, 11) is 1.22. The summed E-state index contributed by atoms with van der Waals surface area (Å²) >= 11 is 0. The van der Waals surface area contributed by atoms with Crippen LogP contribution in [-0.4, -0.2) is 101 Å². The zero-order valence-electron chi connectivity index (χ0n) is 31.1. The quantitative estimate of drug-likeness (QED) is 0.0886. The second kappa shape index (κ2) is 21.0. The summed E-state index contributed by atoms with van der Waals surface area (Å²) in [5.41, 5.74) is 12.1. The summed E-state index contributed by atoms with van der Waals surface area (Å²) in [5.74, 6) is -3.28. The molecule has 0 radical (unpaired) electrons. The number of hydrogen-bond donors (Lipinski definition) is 4. The highest BCUT2D eigenvalue weighted by Gasteiger charge is 2.43. The van der Waals surface area contributed by atoms with Crippen molar-refractivity contribution in [3.63, 3.8) is 0 Å². The third kappa shape index (κ3) is 12.2. The Morgan fingerprint density at radius 3 is 2.00 bits per heavy atom. The first kappa shape index (κ1) is 43.5. The lowest BCUT2D eigenvalue weighted by Crippen LogP contribution is -2.62. The van der Waals surface area contributed by atoms with Crippen LogP contribution >= 0.6 is 0 Å². The number of aliphatic hydroxyl groups excluding tert-OH is 1. The molecule has 0 aliphatic carbocycles. The Balaban J connectivity index is 2.18. The van der Waals surface area contributed by atoms with Crippen LogP contribution in [0.1, 0.15) is 76.2 Å². The lowest BCUT2D eigenvalue weighted by molar-refractivity contribution is -0.157. The van der Waals surface area contributed by atoms with Gasteiger partial charge in [-0.1, -0.05) is 87.9 Å². The number of nitrogens with two attached hydrogens (primary N) is 2. The Labute approximate surface area is 306 Å². The molecule has 14 heteroatoms. The molecule has 0 bridgehead atoms.